The summed E-state index contributed by atoms with van der Waals surface area (Å²) in [6.45, 7) is 9.56. The minimum Gasteiger partial charge on any atom is -0.476 e. The molecular formula is C26H26ClN3O4. The first-order valence-electron chi connectivity index (χ1n) is 11.4. The lowest BCUT2D eigenvalue weighted by atomic mass is 9.93. The molecule has 1 aliphatic carbocycles. The number of benzene rings is 1. The fourth-order valence-corrected chi connectivity index (χ4v) is 4.99. The van der Waals surface area contributed by atoms with Gasteiger partial charge in [-0.05, 0) is 74.8 Å². The molecule has 0 bridgehead atoms. The summed E-state index contributed by atoms with van der Waals surface area (Å²) >= 11 is 5.88. The maximum atomic E-state index is 13.4. The van der Waals surface area contributed by atoms with Crippen LogP contribution in [0, 0.1) is 19.3 Å². The van der Waals surface area contributed by atoms with Crippen molar-refractivity contribution in [1.29, 1.82) is 0 Å². The lowest BCUT2D eigenvalue weighted by Gasteiger charge is -2.33. The monoisotopic (exact) mass is 479 g/mol. The van der Waals surface area contributed by atoms with Gasteiger partial charge < -0.3 is 19.7 Å². The fraction of sp³-hybridized carbons (Fsp3) is 0.346. The number of pyridine rings is 1. The second-order valence-electron chi connectivity index (χ2n) is 9.48. The Morgan fingerprint density at radius 2 is 1.91 bits per heavy atom. The predicted octanol–water partition coefficient (Wildman–Crippen LogP) is 5.62. The van der Waals surface area contributed by atoms with E-state index in [-0.39, 0.29) is 22.0 Å². The zero-order valence-corrected chi connectivity index (χ0v) is 20.0. The summed E-state index contributed by atoms with van der Waals surface area (Å²) in [6, 6.07) is 6.73. The number of hydrogen-bond acceptors (Lipinski definition) is 6. The van der Waals surface area contributed by atoms with Crippen LogP contribution in [0.5, 0.6) is 0 Å². The van der Waals surface area contributed by atoms with Gasteiger partial charge in [0.25, 0.3) is 0 Å². The highest BCUT2D eigenvalue weighted by atomic mass is 35.5. The number of carboxylic acids is 1. The van der Waals surface area contributed by atoms with E-state index in [0.717, 1.165) is 31.5 Å². The molecule has 8 heteroatoms. The number of aromatic nitrogens is 1. The Labute approximate surface area is 202 Å². The maximum Gasteiger partial charge on any atom is 0.356 e. The van der Waals surface area contributed by atoms with Crippen LogP contribution >= 0.6 is 11.6 Å². The third kappa shape index (κ3) is 3.94. The van der Waals surface area contributed by atoms with Gasteiger partial charge in [0, 0.05) is 24.4 Å². The standard InChI is InChI=1S/C26H26ClN3O4/c1-14-12-17(16(3)28-19-4-5-20(27)29-21(19)25(32)33)23-18(13-14)22(31)15(2)24(34-23)30-10-8-26(6-7-26)9-11-30/h4-5,12-13,28H,3,6-11H2,1-2H3,(H,32,33). The Kier molecular flexibility index (Phi) is 5.40. The van der Waals surface area contributed by atoms with Crippen LogP contribution in [0.1, 0.15) is 52.9 Å². The van der Waals surface area contributed by atoms with Gasteiger partial charge in [-0.2, -0.15) is 0 Å². The summed E-state index contributed by atoms with van der Waals surface area (Å²) in [4.78, 5) is 31.1. The first-order valence-corrected chi connectivity index (χ1v) is 11.7. The van der Waals surface area contributed by atoms with Gasteiger partial charge in [-0.1, -0.05) is 18.2 Å². The van der Waals surface area contributed by atoms with Crippen molar-refractivity contribution in [2.45, 2.75) is 39.5 Å². The number of carbonyl (C=O) groups is 1. The van der Waals surface area contributed by atoms with Gasteiger partial charge in [-0.15, -0.1) is 0 Å². The number of aryl methyl sites for hydroxylation is 1. The highest BCUT2D eigenvalue weighted by Gasteiger charge is 2.45. The Bertz CT molecular complexity index is 1400. The molecule has 1 aliphatic heterocycles. The first-order chi connectivity index (χ1) is 16.2. The average Bonchev–Trinajstić information content (AvgIpc) is 3.56. The van der Waals surface area contributed by atoms with Gasteiger partial charge in [0.2, 0.25) is 5.88 Å². The second-order valence-corrected chi connectivity index (χ2v) is 9.86. The third-order valence-electron chi connectivity index (χ3n) is 7.08. The molecule has 34 heavy (non-hydrogen) atoms. The summed E-state index contributed by atoms with van der Waals surface area (Å²) in [6.07, 6.45) is 4.83. The van der Waals surface area contributed by atoms with Crippen molar-refractivity contribution in [3.8, 4) is 0 Å². The number of aromatic carboxylic acids is 1. The lowest BCUT2D eigenvalue weighted by molar-refractivity contribution is 0.0691. The smallest absolute Gasteiger partial charge is 0.356 e. The van der Waals surface area contributed by atoms with E-state index in [1.807, 2.05) is 26.0 Å². The van der Waals surface area contributed by atoms with Crippen LogP contribution in [-0.2, 0) is 0 Å². The molecule has 3 heterocycles. The molecule has 0 atom stereocenters. The van der Waals surface area contributed by atoms with Crippen molar-refractivity contribution >= 4 is 45.8 Å². The van der Waals surface area contributed by atoms with Crippen molar-refractivity contribution in [2.75, 3.05) is 23.3 Å². The number of anilines is 2. The number of nitrogens with one attached hydrogen (secondary N) is 1. The van der Waals surface area contributed by atoms with E-state index >= 15 is 0 Å². The number of halogens is 1. The zero-order chi connectivity index (χ0) is 24.2. The minimum absolute atomic E-state index is 0.0694. The molecule has 0 amide bonds. The summed E-state index contributed by atoms with van der Waals surface area (Å²) in [5.41, 5.74) is 3.36. The number of fused-ring (bicyclic) bond motifs is 1. The molecule has 2 aliphatic rings. The highest BCUT2D eigenvalue weighted by Crippen LogP contribution is 2.54. The van der Waals surface area contributed by atoms with Crippen LogP contribution < -0.4 is 15.6 Å². The number of rotatable bonds is 5. The van der Waals surface area contributed by atoms with Gasteiger partial charge >= 0.3 is 5.97 Å². The van der Waals surface area contributed by atoms with Gasteiger partial charge in [0.15, 0.2) is 11.1 Å². The van der Waals surface area contributed by atoms with Gasteiger partial charge in [0.05, 0.1) is 16.6 Å². The van der Waals surface area contributed by atoms with E-state index in [1.54, 1.807) is 0 Å². The lowest BCUT2D eigenvalue weighted by Crippen LogP contribution is -2.35. The van der Waals surface area contributed by atoms with Crippen molar-refractivity contribution < 1.29 is 14.3 Å². The molecular weight excluding hydrogens is 454 g/mol. The first kappa shape index (κ1) is 22.5. The molecule has 5 rings (SSSR count). The molecule has 1 saturated carbocycles. The van der Waals surface area contributed by atoms with Crippen LogP contribution in [-0.4, -0.2) is 29.1 Å². The Morgan fingerprint density at radius 3 is 2.56 bits per heavy atom. The largest absolute Gasteiger partial charge is 0.476 e. The summed E-state index contributed by atoms with van der Waals surface area (Å²) in [5, 5.41) is 13.1. The molecule has 2 N–H and O–H groups in total. The number of nitrogens with zero attached hydrogens (tertiary/aromatic N) is 2. The second kappa shape index (κ2) is 8.17. The van der Waals surface area contributed by atoms with E-state index in [0.29, 0.717) is 39.1 Å². The van der Waals surface area contributed by atoms with Crippen molar-refractivity contribution in [2.24, 2.45) is 5.41 Å². The molecule has 1 spiro atoms. The van der Waals surface area contributed by atoms with E-state index < -0.39 is 5.97 Å². The van der Waals surface area contributed by atoms with Crippen LogP contribution in [0.4, 0.5) is 11.6 Å². The third-order valence-corrected chi connectivity index (χ3v) is 7.29. The van der Waals surface area contributed by atoms with Crippen molar-refractivity contribution in [3.63, 3.8) is 0 Å². The number of carboxylic acid groups (broad SMARTS) is 1. The van der Waals surface area contributed by atoms with E-state index in [9.17, 15) is 14.7 Å². The van der Waals surface area contributed by atoms with Gasteiger partial charge in [0.1, 0.15) is 10.7 Å². The van der Waals surface area contributed by atoms with E-state index in [4.69, 9.17) is 16.0 Å². The predicted molar refractivity (Wildman–Crippen MR) is 134 cm³/mol. The average molecular weight is 480 g/mol. The van der Waals surface area contributed by atoms with Crippen molar-refractivity contribution in [1.82, 2.24) is 4.98 Å². The molecule has 7 nitrogen and oxygen atoms in total. The van der Waals surface area contributed by atoms with Crippen molar-refractivity contribution in [3.05, 3.63) is 68.6 Å². The molecule has 2 fully saturated rings. The minimum atomic E-state index is -1.21. The number of piperidine rings is 1. The Morgan fingerprint density at radius 1 is 1.21 bits per heavy atom. The van der Waals surface area contributed by atoms with Gasteiger partial charge in [-0.25, -0.2) is 9.78 Å². The van der Waals surface area contributed by atoms with Crippen LogP contribution in [0.3, 0.4) is 0 Å². The Hall–Kier alpha value is -3.32. The number of hydrogen-bond donors (Lipinski definition) is 2. The molecule has 2 aromatic heterocycles. The molecule has 176 valence electrons. The van der Waals surface area contributed by atoms with E-state index in [2.05, 4.69) is 21.8 Å². The summed E-state index contributed by atoms with van der Waals surface area (Å²) in [7, 11) is 0. The molecule has 1 aromatic carbocycles. The highest BCUT2D eigenvalue weighted by molar-refractivity contribution is 6.29. The van der Waals surface area contributed by atoms with Crippen LogP contribution in [0.2, 0.25) is 5.15 Å². The molecule has 0 radical (unpaired) electrons. The SMILES string of the molecule is C=C(Nc1ccc(Cl)nc1C(=O)O)c1cc(C)cc2c(=O)c(C)c(N3CCC4(CC3)CC4)oc12. The summed E-state index contributed by atoms with van der Waals surface area (Å²) in [5.74, 6) is -0.611. The normalized spacial score (nSPS) is 16.6. The fourth-order valence-electron chi connectivity index (χ4n) is 4.84. The topological polar surface area (TPSA) is 95.7 Å². The van der Waals surface area contributed by atoms with Crippen LogP contribution in [0.25, 0.3) is 16.7 Å². The zero-order valence-electron chi connectivity index (χ0n) is 19.2. The molecule has 0 unspecified atom stereocenters. The molecule has 3 aromatic rings. The van der Waals surface area contributed by atoms with E-state index in [1.165, 1.54) is 25.0 Å². The quantitative estimate of drug-likeness (QED) is 0.458. The van der Waals surface area contributed by atoms with Gasteiger partial charge in [-0.3, -0.25) is 4.79 Å². The Balaban J connectivity index is 1.57. The summed E-state index contributed by atoms with van der Waals surface area (Å²) < 4.78 is 6.42. The van der Waals surface area contributed by atoms with Crippen LogP contribution in [0.15, 0.2) is 40.1 Å². The molecule has 1 saturated heterocycles. The maximum absolute atomic E-state index is 13.4.